The molecule has 0 unspecified atom stereocenters. The number of aryl methyl sites for hydroxylation is 1. The Labute approximate surface area is 92.2 Å². The van der Waals surface area contributed by atoms with Gasteiger partial charge in [0, 0.05) is 12.3 Å². The quantitative estimate of drug-likeness (QED) is 0.810. The van der Waals surface area contributed by atoms with Gasteiger partial charge in [-0.1, -0.05) is 29.8 Å². The van der Waals surface area contributed by atoms with Gasteiger partial charge in [0.15, 0.2) is 0 Å². The summed E-state index contributed by atoms with van der Waals surface area (Å²) in [7, 11) is 0. The lowest BCUT2D eigenvalue weighted by Crippen LogP contribution is -2.28. The van der Waals surface area contributed by atoms with E-state index < -0.39 is 0 Å². The largest absolute Gasteiger partial charge is 0.328 e. The molecule has 0 fully saturated rings. The summed E-state index contributed by atoms with van der Waals surface area (Å²) >= 11 is 0. The average molecular weight is 216 g/mol. The van der Waals surface area contributed by atoms with Crippen LogP contribution >= 0.6 is 0 Å². The number of hydrogen-bond donors (Lipinski definition) is 1. The number of rotatable bonds is 2. The van der Waals surface area contributed by atoms with E-state index in [-0.39, 0.29) is 11.2 Å². The van der Waals surface area contributed by atoms with E-state index in [0.717, 1.165) is 5.56 Å². The van der Waals surface area contributed by atoms with Gasteiger partial charge in [-0.05, 0) is 12.5 Å². The van der Waals surface area contributed by atoms with Crippen LogP contribution in [0.1, 0.15) is 11.1 Å². The monoisotopic (exact) mass is 216 g/mol. The fourth-order valence-electron chi connectivity index (χ4n) is 1.46. The molecule has 0 bridgehead atoms. The molecule has 0 saturated heterocycles. The standard InChI is InChI=1S/C12H12N2O2/c1-9-2-4-10(5-3-9)8-14-7-6-11(15)13-12(14)16/h2-7H,8H2,1H3,(H,13,15,16). The molecule has 82 valence electrons. The van der Waals surface area contributed by atoms with Crippen LogP contribution in [0.3, 0.4) is 0 Å². The number of aromatic nitrogens is 2. The van der Waals surface area contributed by atoms with Crippen LogP contribution in [0.4, 0.5) is 0 Å². The Morgan fingerprint density at radius 3 is 2.44 bits per heavy atom. The number of aromatic amines is 1. The second-order valence-corrected chi connectivity index (χ2v) is 3.72. The Bertz CT molecular complexity index is 593. The van der Waals surface area contributed by atoms with Crippen LogP contribution in [0.5, 0.6) is 0 Å². The molecular weight excluding hydrogens is 204 g/mol. The molecule has 0 aliphatic rings. The van der Waals surface area contributed by atoms with E-state index in [1.165, 1.54) is 22.4 Å². The summed E-state index contributed by atoms with van der Waals surface area (Å²) in [5, 5.41) is 0. The summed E-state index contributed by atoms with van der Waals surface area (Å²) in [5.41, 5.74) is 1.45. The van der Waals surface area contributed by atoms with Gasteiger partial charge in [0.1, 0.15) is 0 Å². The minimum Gasteiger partial charge on any atom is -0.296 e. The molecule has 0 radical (unpaired) electrons. The van der Waals surface area contributed by atoms with Crippen molar-refractivity contribution in [2.24, 2.45) is 0 Å². The van der Waals surface area contributed by atoms with Crippen molar-refractivity contribution in [2.75, 3.05) is 0 Å². The first kappa shape index (κ1) is 10.4. The third kappa shape index (κ3) is 2.28. The van der Waals surface area contributed by atoms with Gasteiger partial charge in [-0.2, -0.15) is 0 Å². The molecule has 0 atom stereocenters. The molecule has 1 aromatic heterocycles. The molecule has 1 aromatic carbocycles. The maximum absolute atomic E-state index is 11.4. The average Bonchev–Trinajstić information content (AvgIpc) is 2.25. The minimum absolute atomic E-state index is 0.370. The van der Waals surface area contributed by atoms with Crippen LogP contribution in [0.15, 0.2) is 46.1 Å². The Balaban J connectivity index is 2.30. The molecule has 0 spiro atoms. The van der Waals surface area contributed by atoms with Crippen molar-refractivity contribution in [3.8, 4) is 0 Å². The van der Waals surface area contributed by atoms with E-state index in [1.807, 2.05) is 31.2 Å². The van der Waals surface area contributed by atoms with Crippen molar-refractivity contribution in [1.29, 1.82) is 0 Å². The number of benzene rings is 1. The zero-order chi connectivity index (χ0) is 11.5. The van der Waals surface area contributed by atoms with Crippen molar-refractivity contribution in [1.82, 2.24) is 9.55 Å². The second-order valence-electron chi connectivity index (χ2n) is 3.72. The number of nitrogens with one attached hydrogen (secondary N) is 1. The summed E-state index contributed by atoms with van der Waals surface area (Å²) in [5.74, 6) is 0. The van der Waals surface area contributed by atoms with E-state index >= 15 is 0 Å². The summed E-state index contributed by atoms with van der Waals surface area (Å²) in [6.45, 7) is 2.48. The molecule has 4 heteroatoms. The zero-order valence-corrected chi connectivity index (χ0v) is 8.93. The third-order valence-corrected chi connectivity index (χ3v) is 2.37. The van der Waals surface area contributed by atoms with Gasteiger partial charge in [0.25, 0.3) is 5.56 Å². The summed E-state index contributed by atoms with van der Waals surface area (Å²) in [6.07, 6.45) is 1.50. The first-order chi connectivity index (χ1) is 7.65. The molecule has 2 rings (SSSR count). The highest BCUT2D eigenvalue weighted by atomic mass is 16.2. The second kappa shape index (κ2) is 4.18. The molecule has 16 heavy (non-hydrogen) atoms. The van der Waals surface area contributed by atoms with Crippen LogP contribution in [0, 0.1) is 6.92 Å². The first-order valence-electron chi connectivity index (χ1n) is 5.00. The summed E-state index contributed by atoms with van der Waals surface area (Å²) in [6, 6.07) is 9.26. The highest BCUT2D eigenvalue weighted by Gasteiger charge is 1.97. The van der Waals surface area contributed by atoms with Crippen LogP contribution in [-0.4, -0.2) is 9.55 Å². The smallest absolute Gasteiger partial charge is 0.296 e. The normalized spacial score (nSPS) is 10.3. The van der Waals surface area contributed by atoms with E-state index in [4.69, 9.17) is 0 Å². The Kier molecular flexibility index (Phi) is 2.72. The molecular formula is C12H12N2O2. The maximum atomic E-state index is 11.4. The predicted molar refractivity (Wildman–Crippen MR) is 61.6 cm³/mol. The van der Waals surface area contributed by atoms with Crippen LogP contribution < -0.4 is 11.2 Å². The van der Waals surface area contributed by atoms with Crippen LogP contribution in [0.2, 0.25) is 0 Å². The fourth-order valence-corrected chi connectivity index (χ4v) is 1.46. The van der Waals surface area contributed by atoms with Crippen molar-refractivity contribution >= 4 is 0 Å². The topological polar surface area (TPSA) is 54.9 Å². The Hall–Kier alpha value is -2.10. The van der Waals surface area contributed by atoms with Gasteiger partial charge < -0.3 is 0 Å². The first-order valence-corrected chi connectivity index (χ1v) is 5.00. The van der Waals surface area contributed by atoms with Gasteiger partial charge in [-0.25, -0.2) is 4.79 Å². The summed E-state index contributed by atoms with van der Waals surface area (Å²) in [4.78, 5) is 24.5. The highest BCUT2D eigenvalue weighted by molar-refractivity contribution is 5.21. The van der Waals surface area contributed by atoms with Gasteiger partial charge in [0.05, 0.1) is 6.54 Å². The SMILES string of the molecule is Cc1ccc(Cn2ccc(=O)[nH]c2=O)cc1. The maximum Gasteiger partial charge on any atom is 0.328 e. The van der Waals surface area contributed by atoms with Crippen LogP contribution in [-0.2, 0) is 6.54 Å². The van der Waals surface area contributed by atoms with E-state index in [2.05, 4.69) is 4.98 Å². The van der Waals surface area contributed by atoms with Gasteiger partial charge in [-0.15, -0.1) is 0 Å². The predicted octanol–water partition coefficient (Wildman–Crippen LogP) is 0.893. The number of hydrogen-bond acceptors (Lipinski definition) is 2. The van der Waals surface area contributed by atoms with E-state index in [9.17, 15) is 9.59 Å². The molecule has 0 saturated carbocycles. The molecule has 0 aliphatic carbocycles. The third-order valence-electron chi connectivity index (χ3n) is 2.37. The van der Waals surface area contributed by atoms with E-state index in [1.54, 1.807) is 0 Å². The molecule has 1 heterocycles. The lowest BCUT2D eigenvalue weighted by molar-refractivity contribution is 0.720. The molecule has 0 aliphatic heterocycles. The Morgan fingerprint density at radius 2 is 1.81 bits per heavy atom. The van der Waals surface area contributed by atoms with Crippen molar-refractivity contribution in [3.63, 3.8) is 0 Å². The summed E-state index contributed by atoms with van der Waals surface area (Å²) < 4.78 is 1.46. The molecule has 4 nitrogen and oxygen atoms in total. The number of H-pyrrole nitrogens is 1. The van der Waals surface area contributed by atoms with Gasteiger partial charge >= 0.3 is 5.69 Å². The lowest BCUT2D eigenvalue weighted by atomic mass is 10.1. The van der Waals surface area contributed by atoms with Crippen molar-refractivity contribution in [3.05, 3.63) is 68.5 Å². The number of nitrogens with zero attached hydrogens (tertiary/aromatic N) is 1. The lowest BCUT2D eigenvalue weighted by Gasteiger charge is -2.04. The van der Waals surface area contributed by atoms with Crippen molar-refractivity contribution < 1.29 is 0 Å². The highest BCUT2D eigenvalue weighted by Crippen LogP contribution is 2.03. The Morgan fingerprint density at radius 1 is 1.12 bits per heavy atom. The zero-order valence-electron chi connectivity index (χ0n) is 8.93. The molecule has 1 N–H and O–H groups in total. The van der Waals surface area contributed by atoms with Gasteiger partial charge in [0.2, 0.25) is 0 Å². The molecule has 0 amide bonds. The van der Waals surface area contributed by atoms with Crippen molar-refractivity contribution in [2.45, 2.75) is 13.5 Å². The molecule has 2 aromatic rings. The minimum atomic E-state index is -0.381. The fraction of sp³-hybridized carbons (Fsp3) is 0.167. The van der Waals surface area contributed by atoms with E-state index in [0.29, 0.717) is 6.54 Å². The van der Waals surface area contributed by atoms with Crippen LogP contribution in [0.25, 0.3) is 0 Å². The van der Waals surface area contributed by atoms with Gasteiger partial charge in [-0.3, -0.25) is 14.3 Å².